The Morgan fingerprint density at radius 3 is 2.52 bits per heavy atom. The Morgan fingerprint density at radius 2 is 1.81 bits per heavy atom. The van der Waals surface area contributed by atoms with Gasteiger partial charge in [-0.15, -0.1) is 0 Å². The van der Waals surface area contributed by atoms with Crippen LogP contribution >= 0.6 is 0 Å². The SMILES string of the molecule is CN(C)CCC(=O)c1cccc(OCc2ccccc2)c1. The van der Waals surface area contributed by atoms with Crippen LogP contribution in [0.4, 0.5) is 0 Å². The highest BCUT2D eigenvalue weighted by Gasteiger charge is 2.07. The highest BCUT2D eigenvalue weighted by atomic mass is 16.5. The molecule has 0 amide bonds. The van der Waals surface area contributed by atoms with Crippen molar-refractivity contribution in [3.63, 3.8) is 0 Å². The van der Waals surface area contributed by atoms with Gasteiger partial charge in [-0.2, -0.15) is 0 Å². The van der Waals surface area contributed by atoms with Gasteiger partial charge >= 0.3 is 0 Å². The zero-order valence-electron chi connectivity index (χ0n) is 12.6. The predicted octanol–water partition coefficient (Wildman–Crippen LogP) is 3.40. The summed E-state index contributed by atoms with van der Waals surface area (Å²) in [5.74, 6) is 0.878. The first-order valence-corrected chi connectivity index (χ1v) is 7.10. The molecule has 2 aromatic carbocycles. The summed E-state index contributed by atoms with van der Waals surface area (Å²) in [5, 5.41) is 0. The van der Waals surface area contributed by atoms with Crippen LogP contribution in [0.2, 0.25) is 0 Å². The lowest BCUT2D eigenvalue weighted by molar-refractivity contribution is 0.0972. The van der Waals surface area contributed by atoms with Crippen LogP contribution in [-0.2, 0) is 6.61 Å². The highest BCUT2D eigenvalue weighted by Crippen LogP contribution is 2.16. The summed E-state index contributed by atoms with van der Waals surface area (Å²) in [6.07, 6.45) is 0.523. The van der Waals surface area contributed by atoms with Crippen molar-refractivity contribution >= 4 is 5.78 Å². The Morgan fingerprint density at radius 1 is 1.05 bits per heavy atom. The molecule has 0 radical (unpaired) electrons. The van der Waals surface area contributed by atoms with Crippen molar-refractivity contribution in [2.24, 2.45) is 0 Å². The molecular formula is C18H21NO2. The lowest BCUT2D eigenvalue weighted by atomic mass is 10.1. The first kappa shape index (κ1) is 15.3. The maximum atomic E-state index is 12.1. The third-order valence-electron chi connectivity index (χ3n) is 3.19. The monoisotopic (exact) mass is 283 g/mol. The van der Waals surface area contributed by atoms with Crippen LogP contribution in [0.15, 0.2) is 54.6 Å². The minimum atomic E-state index is 0.147. The maximum absolute atomic E-state index is 12.1. The van der Waals surface area contributed by atoms with Gasteiger partial charge in [-0.1, -0.05) is 42.5 Å². The molecule has 0 spiro atoms. The van der Waals surface area contributed by atoms with Crippen molar-refractivity contribution in [3.05, 3.63) is 65.7 Å². The van der Waals surface area contributed by atoms with E-state index in [1.165, 1.54) is 0 Å². The van der Waals surface area contributed by atoms with Crippen molar-refractivity contribution in [1.29, 1.82) is 0 Å². The normalized spacial score (nSPS) is 10.6. The molecule has 2 rings (SSSR count). The van der Waals surface area contributed by atoms with Crippen molar-refractivity contribution < 1.29 is 9.53 Å². The third-order valence-corrected chi connectivity index (χ3v) is 3.19. The second-order valence-corrected chi connectivity index (χ2v) is 5.28. The molecule has 110 valence electrons. The largest absolute Gasteiger partial charge is 0.489 e. The summed E-state index contributed by atoms with van der Waals surface area (Å²) < 4.78 is 5.75. The molecule has 2 aromatic rings. The van der Waals surface area contributed by atoms with E-state index in [0.29, 0.717) is 18.6 Å². The number of ketones is 1. The number of carbonyl (C=O) groups excluding carboxylic acids is 1. The van der Waals surface area contributed by atoms with E-state index in [1.807, 2.05) is 73.6 Å². The molecule has 0 bridgehead atoms. The van der Waals surface area contributed by atoms with Crippen LogP contribution in [0.1, 0.15) is 22.3 Å². The van der Waals surface area contributed by atoms with Crippen LogP contribution in [0.25, 0.3) is 0 Å². The number of rotatable bonds is 7. The number of nitrogens with zero attached hydrogens (tertiary/aromatic N) is 1. The fourth-order valence-corrected chi connectivity index (χ4v) is 1.97. The van der Waals surface area contributed by atoms with Gasteiger partial charge in [0.1, 0.15) is 12.4 Å². The Kier molecular flexibility index (Phi) is 5.52. The standard InChI is InChI=1S/C18H21NO2/c1-19(2)12-11-18(20)16-9-6-10-17(13-16)21-14-15-7-4-3-5-8-15/h3-10,13H,11-12,14H2,1-2H3. The van der Waals surface area contributed by atoms with Gasteiger partial charge in [-0.05, 0) is 31.8 Å². The molecule has 0 saturated carbocycles. The molecule has 3 nitrogen and oxygen atoms in total. The topological polar surface area (TPSA) is 29.5 Å². The molecule has 0 aliphatic heterocycles. The zero-order chi connectivity index (χ0) is 15.1. The predicted molar refractivity (Wildman–Crippen MR) is 84.7 cm³/mol. The Balaban J connectivity index is 1.96. The van der Waals surface area contributed by atoms with Crippen LogP contribution in [-0.4, -0.2) is 31.3 Å². The molecule has 0 unspecified atom stereocenters. The molecule has 0 aliphatic rings. The molecule has 0 saturated heterocycles. The molecular weight excluding hydrogens is 262 g/mol. The average Bonchev–Trinajstić information content (AvgIpc) is 2.52. The zero-order valence-corrected chi connectivity index (χ0v) is 12.6. The second kappa shape index (κ2) is 7.60. The molecule has 0 aromatic heterocycles. The molecule has 21 heavy (non-hydrogen) atoms. The van der Waals surface area contributed by atoms with Crippen molar-refractivity contribution in [2.75, 3.05) is 20.6 Å². The van der Waals surface area contributed by atoms with E-state index in [9.17, 15) is 4.79 Å². The summed E-state index contributed by atoms with van der Waals surface area (Å²) in [7, 11) is 3.93. The maximum Gasteiger partial charge on any atom is 0.164 e. The van der Waals surface area contributed by atoms with Gasteiger partial charge in [-0.3, -0.25) is 4.79 Å². The second-order valence-electron chi connectivity index (χ2n) is 5.28. The molecule has 0 heterocycles. The first-order chi connectivity index (χ1) is 10.1. The van der Waals surface area contributed by atoms with Crippen LogP contribution in [0.5, 0.6) is 5.75 Å². The lowest BCUT2D eigenvalue weighted by Crippen LogP contribution is -2.16. The average molecular weight is 283 g/mol. The molecule has 0 atom stereocenters. The molecule has 0 fully saturated rings. The number of Topliss-reactive ketones (excluding diaryl/α,β-unsaturated/α-hetero) is 1. The number of hydrogen-bond acceptors (Lipinski definition) is 3. The Labute approximate surface area is 126 Å². The fourth-order valence-electron chi connectivity index (χ4n) is 1.97. The van der Waals surface area contributed by atoms with E-state index in [2.05, 4.69) is 0 Å². The van der Waals surface area contributed by atoms with Crippen molar-refractivity contribution in [2.45, 2.75) is 13.0 Å². The summed E-state index contributed by atoms with van der Waals surface area (Å²) >= 11 is 0. The molecule has 0 aliphatic carbocycles. The first-order valence-electron chi connectivity index (χ1n) is 7.10. The summed E-state index contributed by atoms with van der Waals surface area (Å²) in [6.45, 7) is 1.27. The van der Waals surface area contributed by atoms with Crippen LogP contribution in [0.3, 0.4) is 0 Å². The minimum Gasteiger partial charge on any atom is -0.489 e. The third kappa shape index (κ3) is 5.04. The van der Waals surface area contributed by atoms with E-state index in [-0.39, 0.29) is 5.78 Å². The number of ether oxygens (including phenoxy) is 1. The minimum absolute atomic E-state index is 0.147. The smallest absolute Gasteiger partial charge is 0.164 e. The highest BCUT2D eigenvalue weighted by molar-refractivity contribution is 5.96. The van der Waals surface area contributed by atoms with Gasteiger partial charge < -0.3 is 9.64 Å². The van der Waals surface area contributed by atoms with E-state index >= 15 is 0 Å². The van der Waals surface area contributed by atoms with Gasteiger partial charge in [0.25, 0.3) is 0 Å². The Bertz CT molecular complexity index is 579. The van der Waals surface area contributed by atoms with Crippen LogP contribution < -0.4 is 4.74 Å². The fraction of sp³-hybridized carbons (Fsp3) is 0.278. The summed E-state index contributed by atoms with van der Waals surface area (Å²) in [6, 6.07) is 17.4. The Hall–Kier alpha value is -2.13. The van der Waals surface area contributed by atoms with Gasteiger partial charge in [0, 0.05) is 18.5 Å². The quantitative estimate of drug-likeness (QED) is 0.729. The molecule has 0 N–H and O–H groups in total. The van der Waals surface area contributed by atoms with Gasteiger partial charge in [0.2, 0.25) is 0 Å². The molecule has 3 heteroatoms. The van der Waals surface area contributed by atoms with Gasteiger partial charge in [-0.25, -0.2) is 0 Å². The summed E-state index contributed by atoms with van der Waals surface area (Å²) in [4.78, 5) is 14.1. The van der Waals surface area contributed by atoms with E-state index < -0.39 is 0 Å². The van der Waals surface area contributed by atoms with Gasteiger partial charge in [0.15, 0.2) is 5.78 Å². The van der Waals surface area contributed by atoms with E-state index in [1.54, 1.807) is 0 Å². The number of carbonyl (C=O) groups is 1. The van der Waals surface area contributed by atoms with E-state index in [0.717, 1.165) is 17.9 Å². The van der Waals surface area contributed by atoms with E-state index in [4.69, 9.17) is 4.74 Å². The number of benzene rings is 2. The van der Waals surface area contributed by atoms with Crippen LogP contribution in [0, 0.1) is 0 Å². The number of hydrogen-bond donors (Lipinski definition) is 0. The van der Waals surface area contributed by atoms with Gasteiger partial charge in [0.05, 0.1) is 0 Å². The summed E-state index contributed by atoms with van der Waals surface area (Å²) in [5.41, 5.74) is 1.82. The van der Waals surface area contributed by atoms with Crippen molar-refractivity contribution in [3.8, 4) is 5.75 Å². The van der Waals surface area contributed by atoms with Crippen molar-refractivity contribution in [1.82, 2.24) is 4.90 Å². The lowest BCUT2D eigenvalue weighted by Gasteiger charge is -2.10.